The van der Waals surface area contributed by atoms with Gasteiger partial charge in [0.05, 0.1) is 0 Å². The zero-order valence-electron chi connectivity index (χ0n) is 9.26. The molecule has 1 unspecified atom stereocenters. The summed E-state index contributed by atoms with van der Waals surface area (Å²) >= 11 is 0. The number of carboxylic acids is 1. The van der Waals surface area contributed by atoms with Crippen molar-refractivity contribution in [1.29, 1.82) is 0 Å². The SMILES string of the molecule is C=S1CCN(C(=O)C(=O)O)Cc2ccccc21. The lowest BCUT2D eigenvalue weighted by Crippen LogP contribution is -2.36. The van der Waals surface area contributed by atoms with Gasteiger partial charge in [-0.25, -0.2) is 4.79 Å². The van der Waals surface area contributed by atoms with E-state index in [9.17, 15) is 9.59 Å². The maximum Gasteiger partial charge on any atom is 0.394 e. The molecule has 5 heteroatoms. The number of aliphatic carboxylic acids is 1. The van der Waals surface area contributed by atoms with E-state index in [4.69, 9.17) is 5.11 Å². The minimum Gasteiger partial charge on any atom is -0.474 e. The van der Waals surface area contributed by atoms with Crippen LogP contribution in [0.1, 0.15) is 5.56 Å². The third kappa shape index (κ3) is 2.39. The summed E-state index contributed by atoms with van der Waals surface area (Å²) in [4.78, 5) is 24.7. The number of carbonyl (C=O) groups excluding carboxylic acids is 1. The molecular weight excluding hydrogens is 238 g/mol. The molecule has 1 aliphatic heterocycles. The monoisotopic (exact) mass is 251 g/mol. The van der Waals surface area contributed by atoms with Gasteiger partial charge in [-0.2, -0.15) is 10.5 Å². The van der Waals surface area contributed by atoms with Gasteiger partial charge < -0.3 is 10.0 Å². The Morgan fingerprint density at radius 1 is 1.35 bits per heavy atom. The fourth-order valence-electron chi connectivity index (χ4n) is 1.84. The summed E-state index contributed by atoms with van der Waals surface area (Å²) in [6.07, 6.45) is 0. The van der Waals surface area contributed by atoms with Crippen LogP contribution in [-0.2, 0) is 16.1 Å². The number of amides is 1. The first-order chi connectivity index (χ1) is 8.09. The Labute approximate surface area is 102 Å². The van der Waals surface area contributed by atoms with Gasteiger partial charge in [-0.1, -0.05) is 24.1 Å². The Morgan fingerprint density at radius 2 is 2.06 bits per heavy atom. The average molecular weight is 251 g/mol. The molecule has 0 aliphatic carbocycles. The molecule has 1 aromatic rings. The van der Waals surface area contributed by atoms with Crippen LogP contribution in [0, 0.1) is 0 Å². The Balaban J connectivity index is 2.32. The van der Waals surface area contributed by atoms with Crippen LogP contribution in [0.25, 0.3) is 0 Å². The van der Waals surface area contributed by atoms with E-state index in [2.05, 4.69) is 5.87 Å². The highest BCUT2D eigenvalue weighted by atomic mass is 32.2. The Kier molecular flexibility index (Phi) is 3.28. The van der Waals surface area contributed by atoms with Crippen LogP contribution in [0.3, 0.4) is 0 Å². The molecule has 0 saturated heterocycles. The van der Waals surface area contributed by atoms with Crippen molar-refractivity contribution in [3.8, 4) is 0 Å². The molecule has 0 fully saturated rings. The molecule has 0 aromatic heterocycles. The summed E-state index contributed by atoms with van der Waals surface area (Å²) in [6.45, 7) is 0.812. The standard InChI is InChI=1S/C12H13NO3S/c1-17-7-6-13(11(14)12(15)16)8-9-4-2-3-5-10(9)17/h2-5H,1,6-8H2,(H,15,16). The van der Waals surface area contributed by atoms with E-state index in [1.165, 1.54) is 4.90 Å². The molecular formula is C12H13NO3S. The summed E-state index contributed by atoms with van der Waals surface area (Å²) in [7, 11) is -0.170. The molecule has 1 atom stereocenters. The second-order valence-electron chi connectivity index (χ2n) is 3.84. The van der Waals surface area contributed by atoms with Crippen LogP contribution >= 0.6 is 10.5 Å². The van der Waals surface area contributed by atoms with Crippen molar-refractivity contribution in [2.45, 2.75) is 11.4 Å². The van der Waals surface area contributed by atoms with Crippen molar-refractivity contribution in [3.05, 3.63) is 29.8 Å². The largest absolute Gasteiger partial charge is 0.474 e. The van der Waals surface area contributed by atoms with Crippen LogP contribution in [0.15, 0.2) is 29.2 Å². The summed E-state index contributed by atoms with van der Waals surface area (Å²) in [5, 5.41) is 8.74. The number of hydrogen-bond acceptors (Lipinski definition) is 2. The predicted molar refractivity (Wildman–Crippen MR) is 67.3 cm³/mol. The van der Waals surface area contributed by atoms with Gasteiger partial charge in [0, 0.05) is 23.7 Å². The summed E-state index contributed by atoms with van der Waals surface area (Å²) in [5.74, 6) is 2.57. The molecule has 1 N–H and O–H groups in total. The lowest BCUT2D eigenvalue weighted by Gasteiger charge is -2.17. The fourth-order valence-corrected chi connectivity index (χ4v) is 3.27. The molecule has 1 aliphatic rings. The van der Waals surface area contributed by atoms with Crippen molar-refractivity contribution >= 4 is 28.2 Å². The van der Waals surface area contributed by atoms with Crippen LogP contribution in [0.2, 0.25) is 0 Å². The number of carbonyl (C=O) groups is 2. The van der Waals surface area contributed by atoms with E-state index in [0.29, 0.717) is 13.1 Å². The Hall–Kier alpha value is -1.62. The van der Waals surface area contributed by atoms with Gasteiger partial charge in [0.25, 0.3) is 0 Å². The second-order valence-corrected chi connectivity index (χ2v) is 5.67. The second kappa shape index (κ2) is 4.71. The average Bonchev–Trinajstić information content (AvgIpc) is 2.48. The summed E-state index contributed by atoms with van der Waals surface area (Å²) < 4.78 is 0. The zero-order valence-corrected chi connectivity index (χ0v) is 10.1. The minimum absolute atomic E-state index is 0.170. The molecule has 1 amide bonds. The first-order valence-corrected chi connectivity index (χ1v) is 6.76. The molecule has 0 saturated carbocycles. The molecule has 0 radical (unpaired) electrons. The molecule has 0 bridgehead atoms. The number of fused-ring (bicyclic) bond motifs is 1. The topological polar surface area (TPSA) is 57.6 Å². The highest BCUT2D eigenvalue weighted by Gasteiger charge is 2.24. The molecule has 4 nitrogen and oxygen atoms in total. The van der Waals surface area contributed by atoms with Gasteiger partial charge in [0.1, 0.15) is 0 Å². The summed E-state index contributed by atoms with van der Waals surface area (Å²) in [6, 6.07) is 7.76. The predicted octanol–water partition coefficient (Wildman–Crippen LogP) is 1.17. The van der Waals surface area contributed by atoms with Gasteiger partial charge >= 0.3 is 11.9 Å². The number of nitrogens with zero attached hydrogens (tertiary/aromatic N) is 1. The Bertz CT molecular complexity index is 498. The molecule has 0 spiro atoms. The highest BCUT2D eigenvalue weighted by Crippen LogP contribution is 2.31. The highest BCUT2D eigenvalue weighted by molar-refractivity contribution is 8.14. The van der Waals surface area contributed by atoms with Gasteiger partial charge in [-0.05, 0) is 11.6 Å². The van der Waals surface area contributed by atoms with Crippen LogP contribution in [0.5, 0.6) is 0 Å². The third-order valence-corrected chi connectivity index (χ3v) is 4.42. The van der Waals surface area contributed by atoms with E-state index in [-0.39, 0.29) is 10.5 Å². The van der Waals surface area contributed by atoms with E-state index >= 15 is 0 Å². The molecule has 90 valence electrons. The minimum atomic E-state index is -1.40. The van der Waals surface area contributed by atoms with Crippen LogP contribution in [-0.4, -0.2) is 40.1 Å². The van der Waals surface area contributed by atoms with Crippen molar-refractivity contribution in [3.63, 3.8) is 0 Å². The van der Waals surface area contributed by atoms with Crippen LogP contribution < -0.4 is 0 Å². The lowest BCUT2D eigenvalue weighted by atomic mass is 10.2. The molecule has 2 rings (SSSR count). The number of rotatable bonds is 0. The van der Waals surface area contributed by atoms with E-state index in [0.717, 1.165) is 16.2 Å². The van der Waals surface area contributed by atoms with Gasteiger partial charge in [0.15, 0.2) is 0 Å². The quantitative estimate of drug-likeness (QED) is 0.556. The van der Waals surface area contributed by atoms with E-state index in [1.54, 1.807) is 0 Å². The lowest BCUT2D eigenvalue weighted by molar-refractivity contribution is -0.156. The molecule has 17 heavy (non-hydrogen) atoms. The van der Waals surface area contributed by atoms with Crippen molar-refractivity contribution in [2.24, 2.45) is 0 Å². The van der Waals surface area contributed by atoms with Gasteiger partial charge in [-0.15, -0.1) is 0 Å². The zero-order chi connectivity index (χ0) is 12.4. The van der Waals surface area contributed by atoms with Gasteiger partial charge in [-0.3, -0.25) is 4.79 Å². The first kappa shape index (κ1) is 11.9. The third-order valence-electron chi connectivity index (χ3n) is 2.72. The number of benzene rings is 1. The van der Waals surface area contributed by atoms with E-state index < -0.39 is 11.9 Å². The maximum absolute atomic E-state index is 11.5. The molecule has 1 aromatic carbocycles. The Morgan fingerprint density at radius 3 is 2.76 bits per heavy atom. The number of carboxylic acid groups (broad SMARTS) is 1. The maximum atomic E-state index is 11.5. The smallest absolute Gasteiger partial charge is 0.394 e. The fraction of sp³-hybridized carbons (Fsp3) is 0.250. The van der Waals surface area contributed by atoms with Crippen molar-refractivity contribution in [2.75, 3.05) is 12.3 Å². The van der Waals surface area contributed by atoms with Gasteiger partial charge in [0.2, 0.25) is 0 Å². The van der Waals surface area contributed by atoms with Crippen LogP contribution in [0.4, 0.5) is 0 Å². The molecule has 1 heterocycles. The van der Waals surface area contributed by atoms with Crippen molar-refractivity contribution < 1.29 is 14.7 Å². The van der Waals surface area contributed by atoms with E-state index in [1.807, 2.05) is 24.3 Å². The van der Waals surface area contributed by atoms with Crippen molar-refractivity contribution in [1.82, 2.24) is 4.90 Å². The first-order valence-electron chi connectivity index (χ1n) is 5.20. The number of hydrogen-bond donors (Lipinski definition) is 1. The normalized spacial score (nSPS) is 19.3. The summed E-state index contributed by atoms with van der Waals surface area (Å²) in [5.41, 5.74) is 0.998.